The summed E-state index contributed by atoms with van der Waals surface area (Å²) in [6.07, 6.45) is 3.93. The summed E-state index contributed by atoms with van der Waals surface area (Å²) < 4.78 is 6.19. The maximum absolute atomic E-state index is 12.2. The van der Waals surface area contributed by atoms with Gasteiger partial charge in [-0.2, -0.15) is 5.10 Å². The van der Waals surface area contributed by atoms with E-state index in [1.54, 1.807) is 30.7 Å². The normalized spacial score (nSPS) is 10.6. The standard InChI is InChI=1S/C21H28N4O5/c1-15-20(25(28)29)16(2)24(23-15)14-17-9-11-18(12-10-17)21(27)22-13-7-5-4-6-8-19(26)30-3/h9-12H,4-8,13-14H2,1-3H3,(H,22,27). The number of nitro groups is 1. The van der Waals surface area contributed by atoms with E-state index >= 15 is 0 Å². The third-order valence-corrected chi connectivity index (χ3v) is 4.90. The van der Waals surface area contributed by atoms with Crippen molar-refractivity contribution in [2.45, 2.75) is 52.5 Å². The Morgan fingerprint density at radius 3 is 2.40 bits per heavy atom. The molecule has 9 nitrogen and oxygen atoms in total. The molecular formula is C21H28N4O5. The van der Waals surface area contributed by atoms with Gasteiger partial charge in [-0.15, -0.1) is 0 Å². The topological polar surface area (TPSA) is 116 Å². The van der Waals surface area contributed by atoms with E-state index in [0.29, 0.717) is 36.5 Å². The van der Waals surface area contributed by atoms with Crippen molar-refractivity contribution < 1.29 is 19.2 Å². The third kappa shape index (κ3) is 6.40. The first-order valence-corrected chi connectivity index (χ1v) is 9.95. The minimum absolute atomic E-state index is 0.0382. The number of carbonyl (C=O) groups is 2. The fraction of sp³-hybridized carbons (Fsp3) is 0.476. The molecule has 0 radical (unpaired) electrons. The minimum Gasteiger partial charge on any atom is -0.469 e. The van der Waals surface area contributed by atoms with Crippen molar-refractivity contribution in [1.29, 1.82) is 0 Å². The third-order valence-electron chi connectivity index (χ3n) is 4.90. The highest BCUT2D eigenvalue weighted by molar-refractivity contribution is 5.94. The van der Waals surface area contributed by atoms with Crippen LogP contribution in [0.4, 0.5) is 5.69 Å². The van der Waals surface area contributed by atoms with Crippen molar-refractivity contribution in [2.24, 2.45) is 0 Å². The van der Waals surface area contributed by atoms with Crippen LogP contribution in [0.1, 0.15) is 59.4 Å². The van der Waals surface area contributed by atoms with Crippen molar-refractivity contribution in [2.75, 3.05) is 13.7 Å². The van der Waals surface area contributed by atoms with Crippen LogP contribution >= 0.6 is 0 Å². The molecule has 30 heavy (non-hydrogen) atoms. The highest BCUT2D eigenvalue weighted by Crippen LogP contribution is 2.22. The van der Waals surface area contributed by atoms with E-state index in [-0.39, 0.29) is 17.6 Å². The largest absolute Gasteiger partial charge is 0.469 e. The van der Waals surface area contributed by atoms with Crippen molar-refractivity contribution in [1.82, 2.24) is 15.1 Å². The Morgan fingerprint density at radius 2 is 1.80 bits per heavy atom. The number of esters is 1. The second-order valence-electron chi connectivity index (χ2n) is 7.13. The Kier molecular flexibility index (Phi) is 8.52. The molecule has 1 aromatic carbocycles. The Labute approximate surface area is 175 Å². The van der Waals surface area contributed by atoms with Crippen molar-refractivity contribution in [3.63, 3.8) is 0 Å². The zero-order valence-electron chi connectivity index (χ0n) is 17.6. The van der Waals surface area contributed by atoms with E-state index in [0.717, 1.165) is 31.2 Å². The van der Waals surface area contributed by atoms with Gasteiger partial charge >= 0.3 is 11.7 Å². The average molecular weight is 416 g/mol. The monoisotopic (exact) mass is 416 g/mol. The Bertz CT molecular complexity index is 890. The number of nitrogens with one attached hydrogen (secondary N) is 1. The van der Waals surface area contributed by atoms with Gasteiger partial charge in [0, 0.05) is 18.5 Å². The molecule has 0 atom stereocenters. The first-order chi connectivity index (χ1) is 14.3. The fourth-order valence-electron chi connectivity index (χ4n) is 3.19. The predicted octanol–water partition coefficient (Wildman–Crippen LogP) is 3.31. The van der Waals surface area contributed by atoms with E-state index < -0.39 is 4.92 Å². The number of aromatic nitrogens is 2. The molecule has 1 heterocycles. The average Bonchev–Trinajstić information content (AvgIpc) is 3.00. The summed E-state index contributed by atoms with van der Waals surface area (Å²) in [6.45, 7) is 4.27. The predicted molar refractivity (Wildman–Crippen MR) is 111 cm³/mol. The summed E-state index contributed by atoms with van der Waals surface area (Å²) in [5.41, 5.74) is 2.39. The van der Waals surface area contributed by atoms with Gasteiger partial charge in [-0.25, -0.2) is 0 Å². The second-order valence-corrected chi connectivity index (χ2v) is 7.13. The van der Waals surface area contributed by atoms with Crippen LogP contribution < -0.4 is 5.32 Å². The number of amides is 1. The van der Waals surface area contributed by atoms with Gasteiger partial charge in [0.25, 0.3) is 5.91 Å². The van der Waals surface area contributed by atoms with Gasteiger partial charge in [0.1, 0.15) is 11.4 Å². The molecule has 0 saturated heterocycles. The number of nitrogens with zero attached hydrogens (tertiary/aromatic N) is 3. The van der Waals surface area contributed by atoms with Gasteiger partial charge in [-0.3, -0.25) is 24.4 Å². The van der Waals surface area contributed by atoms with Crippen LogP contribution in [-0.2, 0) is 16.1 Å². The van der Waals surface area contributed by atoms with E-state index in [2.05, 4.69) is 15.2 Å². The summed E-state index contributed by atoms with van der Waals surface area (Å²) in [5, 5.41) is 18.2. The quantitative estimate of drug-likeness (QED) is 0.260. The Morgan fingerprint density at radius 1 is 1.13 bits per heavy atom. The number of carbonyl (C=O) groups excluding carboxylic acids is 2. The lowest BCUT2D eigenvalue weighted by Gasteiger charge is -2.07. The van der Waals surface area contributed by atoms with Gasteiger partial charge in [-0.05, 0) is 44.4 Å². The molecule has 2 aromatic rings. The first kappa shape index (κ1) is 23.1. The number of hydrogen-bond donors (Lipinski definition) is 1. The number of ether oxygens (including phenoxy) is 1. The van der Waals surface area contributed by atoms with Crippen LogP contribution in [0.15, 0.2) is 24.3 Å². The zero-order valence-corrected chi connectivity index (χ0v) is 17.6. The molecule has 0 spiro atoms. The molecule has 0 bridgehead atoms. The molecule has 2 rings (SSSR count). The maximum Gasteiger partial charge on any atom is 0.312 e. The maximum atomic E-state index is 12.2. The van der Waals surface area contributed by atoms with Crippen LogP contribution in [0.5, 0.6) is 0 Å². The molecule has 0 aliphatic heterocycles. The highest BCUT2D eigenvalue weighted by Gasteiger charge is 2.21. The smallest absolute Gasteiger partial charge is 0.312 e. The van der Waals surface area contributed by atoms with Gasteiger partial charge in [-0.1, -0.05) is 25.0 Å². The van der Waals surface area contributed by atoms with Crippen LogP contribution in [0.2, 0.25) is 0 Å². The fourth-order valence-corrected chi connectivity index (χ4v) is 3.19. The van der Waals surface area contributed by atoms with Crippen LogP contribution in [0, 0.1) is 24.0 Å². The van der Waals surface area contributed by atoms with Crippen LogP contribution in [0.25, 0.3) is 0 Å². The molecule has 1 amide bonds. The van der Waals surface area contributed by atoms with Gasteiger partial charge in [0.2, 0.25) is 0 Å². The minimum atomic E-state index is -0.416. The SMILES string of the molecule is COC(=O)CCCCCCNC(=O)c1ccc(Cn2nc(C)c([N+](=O)[O-])c2C)cc1. The van der Waals surface area contributed by atoms with Crippen LogP contribution in [-0.4, -0.2) is 40.2 Å². The van der Waals surface area contributed by atoms with Crippen molar-refractivity contribution >= 4 is 17.6 Å². The van der Waals surface area contributed by atoms with Crippen molar-refractivity contribution in [3.8, 4) is 0 Å². The molecule has 9 heteroatoms. The summed E-state index contributed by atoms with van der Waals surface area (Å²) in [6, 6.07) is 7.12. The number of unbranched alkanes of at least 4 members (excludes halogenated alkanes) is 3. The summed E-state index contributed by atoms with van der Waals surface area (Å²) in [4.78, 5) is 34.0. The summed E-state index contributed by atoms with van der Waals surface area (Å²) in [5.74, 6) is -0.333. The lowest BCUT2D eigenvalue weighted by Crippen LogP contribution is -2.24. The Balaban J connectivity index is 1.79. The number of rotatable bonds is 11. The first-order valence-electron chi connectivity index (χ1n) is 9.95. The van der Waals surface area contributed by atoms with E-state index in [4.69, 9.17) is 0 Å². The summed E-state index contributed by atoms with van der Waals surface area (Å²) in [7, 11) is 1.38. The Hall–Kier alpha value is -3.23. The van der Waals surface area contributed by atoms with Crippen molar-refractivity contribution in [3.05, 3.63) is 56.9 Å². The molecule has 0 unspecified atom stereocenters. The molecule has 162 valence electrons. The zero-order chi connectivity index (χ0) is 22.1. The molecule has 1 aromatic heterocycles. The van der Waals surface area contributed by atoms with E-state index in [1.165, 1.54) is 7.11 Å². The molecule has 0 saturated carbocycles. The number of hydrogen-bond acceptors (Lipinski definition) is 6. The van der Waals surface area contributed by atoms with Crippen LogP contribution in [0.3, 0.4) is 0 Å². The van der Waals surface area contributed by atoms with Gasteiger partial charge in [0.15, 0.2) is 0 Å². The molecule has 0 aliphatic rings. The van der Waals surface area contributed by atoms with Gasteiger partial charge in [0.05, 0.1) is 18.6 Å². The highest BCUT2D eigenvalue weighted by atomic mass is 16.6. The molecule has 0 fully saturated rings. The number of aryl methyl sites for hydroxylation is 1. The number of benzene rings is 1. The lowest BCUT2D eigenvalue weighted by molar-refractivity contribution is -0.386. The molecule has 1 N–H and O–H groups in total. The van der Waals surface area contributed by atoms with E-state index in [9.17, 15) is 19.7 Å². The molecule has 0 aliphatic carbocycles. The summed E-state index contributed by atoms with van der Waals surface area (Å²) >= 11 is 0. The second kappa shape index (κ2) is 11.1. The molecular weight excluding hydrogens is 388 g/mol. The number of methoxy groups -OCH3 is 1. The van der Waals surface area contributed by atoms with Gasteiger partial charge < -0.3 is 10.1 Å². The lowest BCUT2D eigenvalue weighted by atomic mass is 10.1. The van der Waals surface area contributed by atoms with E-state index in [1.807, 2.05) is 12.1 Å².